The summed E-state index contributed by atoms with van der Waals surface area (Å²) >= 11 is 11.1. The van der Waals surface area contributed by atoms with Gasteiger partial charge in [0.2, 0.25) is 0 Å². The number of amides is 1. The van der Waals surface area contributed by atoms with Gasteiger partial charge in [0.25, 0.3) is 5.91 Å². The van der Waals surface area contributed by atoms with Crippen LogP contribution in [0.5, 0.6) is 11.5 Å². The van der Waals surface area contributed by atoms with Gasteiger partial charge in [-0.3, -0.25) is 4.79 Å². The first kappa shape index (κ1) is 24.4. The van der Waals surface area contributed by atoms with Crippen LogP contribution in [0.4, 0.5) is 5.69 Å². The average Bonchev–Trinajstić information content (AvgIpc) is 3.17. The molecule has 0 aliphatic carbocycles. The number of methoxy groups -OCH3 is 1. The SMILES string of the molecule is CCc1ccc(N=C2NC(=O)/C(=C\c3cc(Br)c(OCc4ccccc4Cl)c(OC)c3)S2)cc1. The van der Waals surface area contributed by atoms with E-state index in [-0.39, 0.29) is 5.91 Å². The standard InChI is InChI=1S/C26H22BrClN2O3S/c1-3-16-8-10-19(11-9-16)29-26-30-25(31)23(34-26)14-17-12-20(27)24(22(13-17)32-2)33-15-18-6-4-5-7-21(18)28/h4-14H,3,15H2,1-2H3,(H,29,30,31)/b23-14+. The second-order valence-corrected chi connectivity index (χ2v) is 9.71. The van der Waals surface area contributed by atoms with Gasteiger partial charge in [0, 0.05) is 10.6 Å². The third-order valence-corrected chi connectivity index (χ3v) is 6.97. The Morgan fingerprint density at radius 1 is 1.15 bits per heavy atom. The van der Waals surface area contributed by atoms with Gasteiger partial charge in [0.05, 0.1) is 22.2 Å². The summed E-state index contributed by atoms with van der Waals surface area (Å²) < 4.78 is 12.2. The minimum atomic E-state index is -0.192. The van der Waals surface area contributed by atoms with Crippen LogP contribution < -0.4 is 14.8 Å². The molecule has 0 atom stereocenters. The zero-order chi connectivity index (χ0) is 24.1. The Balaban J connectivity index is 1.53. The number of nitrogens with zero attached hydrogens (tertiary/aromatic N) is 1. The van der Waals surface area contributed by atoms with E-state index in [4.69, 9.17) is 21.1 Å². The molecule has 0 saturated carbocycles. The topological polar surface area (TPSA) is 59.9 Å². The zero-order valence-corrected chi connectivity index (χ0v) is 21.8. The highest BCUT2D eigenvalue weighted by Crippen LogP contribution is 2.39. The fourth-order valence-electron chi connectivity index (χ4n) is 3.28. The maximum absolute atomic E-state index is 12.5. The van der Waals surface area contributed by atoms with E-state index in [9.17, 15) is 4.79 Å². The molecule has 1 aliphatic heterocycles. The Kier molecular flexibility index (Phi) is 7.98. The molecule has 3 aromatic rings. The van der Waals surface area contributed by atoms with Gasteiger partial charge in [-0.05, 0) is 81.6 Å². The van der Waals surface area contributed by atoms with E-state index in [1.807, 2.05) is 60.7 Å². The number of carbonyl (C=O) groups excluding carboxylic acids is 1. The van der Waals surface area contributed by atoms with Crippen LogP contribution in [0.3, 0.4) is 0 Å². The first-order chi connectivity index (χ1) is 16.5. The summed E-state index contributed by atoms with van der Waals surface area (Å²) in [5, 5.41) is 4.01. The van der Waals surface area contributed by atoms with Crippen LogP contribution in [0.1, 0.15) is 23.6 Å². The Hall–Kier alpha value is -2.74. The largest absolute Gasteiger partial charge is 0.493 e. The molecule has 1 aliphatic rings. The van der Waals surface area contributed by atoms with Gasteiger partial charge in [-0.25, -0.2) is 4.99 Å². The fraction of sp³-hybridized carbons (Fsp3) is 0.154. The number of aryl methyl sites for hydroxylation is 1. The minimum absolute atomic E-state index is 0.192. The molecule has 0 aromatic heterocycles. The lowest BCUT2D eigenvalue weighted by Crippen LogP contribution is -2.19. The van der Waals surface area contributed by atoms with Crippen molar-refractivity contribution in [2.24, 2.45) is 4.99 Å². The normalized spacial score (nSPS) is 15.6. The van der Waals surface area contributed by atoms with Gasteiger partial charge in [0.1, 0.15) is 6.61 Å². The quantitative estimate of drug-likeness (QED) is 0.314. The van der Waals surface area contributed by atoms with E-state index in [1.54, 1.807) is 13.2 Å². The Labute approximate surface area is 216 Å². The van der Waals surface area contributed by atoms with Crippen LogP contribution in [0.25, 0.3) is 6.08 Å². The molecule has 0 bridgehead atoms. The molecule has 0 radical (unpaired) electrons. The van der Waals surface area contributed by atoms with E-state index < -0.39 is 0 Å². The van der Waals surface area contributed by atoms with Gasteiger partial charge in [-0.2, -0.15) is 0 Å². The molecule has 1 saturated heterocycles. The number of carbonyl (C=O) groups is 1. The van der Waals surface area contributed by atoms with Crippen LogP contribution in [0.15, 0.2) is 75.0 Å². The maximum atomic E-state index is 12.5. The van der Waals surface area contributed by atoms with Crippen LogP contribution >= 0.6 is 39.3 Å². The maximum Gasteiger partial charge on any atom is 0.264 e. The number of ether oxygens (including phenoxy) is 2. The molecule has 4 rings (SSSR count). The summed E-state index contributed by atoms with van der Waals surface area (Å²) in [5.74, 6) is 0.913. The third kappa shape index (κ3) is 5.84. The van der Waals surface area contributed by atoms with Crippen molar-refractivity contribution in [3.05, 3.63) is 91.8 Å². The van der Waals surface area contributed by atoms with Gasteiger partial charge in [-0.1, -0.05) is 48.9 Å². The fourth-order valence-corrected chi connectivity index (χ4v) is 4.89. The van der Waals surface area contributed by atoms with E-state index in [0.29, 0.717) is 37.7 Å². The second kappa shape index (κ2) is 11.1. The number of hydrogen-bond donors (Lipinski definition) is 1. The number of hydrogen-bond acceptors (Lipinski definition) is 5. The van der Waals surface area contributed by atoms with Gasteiger partial charge in [-0.15, -0.1) is 0 Å². The minimum Gasteiger partial charge on any atom is -0.493 e. The molecule has 1 amide bonds. The molecule has 1 heterocycles. The summed E-state index contributed by atoms with van der Waals surface area (Å²) in [6.45, 7) is 2.41. The molecule has 0 unspecified atom stereocenters. The first-order valence-electron chi connectivity index (χ1n) is 10.6. The molecule has 1 N–H and O–H groups in total. The highest BCUT2D eigenvalue weighted by atomic mass is 79.9. The Bertz CT molecular complexity index is 1280. The van der Waals surface area contributed by atoms with E-state index in [2.05, 4.69) is 33.2 Å². The molecule has 5 nitrogen and oxygen atoms in total. The van der Waals surface area contributed by atoms with Crippen molar-refractivity contribution in [2.75, 3.05) is 7.11 Å². The lowest BCUT2D eigenvalue weighted by atomic mass is 10.1. The van der Waals surface area contributed by atoms with Crippen molar-refractivity contribution in [1.29, 1.82) is 0 Å². The predicted molar refractivity (Wildman–Crippen MR) is 143 cm³/mol. The summed E-state index contributed by atoms with van der Waals surface area (Å²) in [6.07, 6.45) is 2.77. The second-order valence-electron chi connectivity index (χ2n) is 7.42. The molecule has 34 heavy (non-hydrogen) atoms. The number of thioether (sulfide) groups is 1. The summed E-state index contributed by atoms with van der Waals surface area (Å²) in [5.41, 5.74) is 3.71. The van der Waals surface area contributed by atoms with E-state index in [0.717, 1.165) is 23.2 Å². The Morgan fingerprint density at radius 2 is 1.91 bits per heavy atom. The van der Waals surface area contributed by atoms with Crippen molar-refractivity contribution in [2.45, 2.75) is 20.0 Å². The number of halogens is 2. The summed E-state index contributed by atoms with van der Waals surface area (Å²) in [4.78, 5) is 17.6. The highest BCUT2D eigenvalue weighted by Gasteiger charge is 2.24. The van der Waals surface area contributed by atoms with Crippen molar-refractivity contribution in [1.82, 2.24) is 5.32 Å². The highest BCUT2D eigenvalue weighted by molar-refractivity contribution is 9.10. The smallest absolute Gasteiger partial charge is 0.264 e. The van der Waals surface area contributed by atoms with Gasteiger partial charge < -0.3 is 14.8 Å². The van der Waals surface area contributed by atoms with Crippen LogP contribution in [0.2, 0.25) is 5.02 Å². The van der Waals surface area contributed by atoms with Crippen LogP contribution in [0, 0.1) is 0 Å². The van der Waals surface area contributed by atoms with E-state index in [1.165, 1.54) is 17.3 Å². The van der Waals surface area contributed by atoms with Crippen molar-refractivity contribution >= 4 is 62.1 Å². The molecular formula is C26H22BrClN2O3S. The molecule has 174 valence electrons. The predicted octanol–water partition coefficient (Wildman–Crippen LogP) is 7.14. The van der Waals surface area contributed by atoms with Gasteiger partial charge >= 0.3 is 0 Å². The van der Waals surface area contributed by atoms with E-state index >= 15 is 0 Å². The van der Waals surface area contributed by atoms with Crippen LogP contribution in [-0.2, 0) is 17.8 Å². The number of amidine groups is 1. The van der Waals surface area contributed by atoms with Crippen LogP contribution in [-0.4, -0.2) is 18.2 Å². The number of nitrogens with one attached hydrogen (secondary N) is 1. The monoisotopic (exact) mass is 556 g/mol. The average molecular weight is 558 g/mol. The molecular weight excluding hydrogens is 536 g/mol. The van der Waals surface area contributed by atoms with Crippen molar-refractivity contribution < 1.29 is 14.3 Å². The number of aliphatic imine (C=N–C) groups is 1. The first-order valence-corrected chi connectivity index (χ1v) is 12.6. The lowest BCUT2D eigenvalue weighted by Gasteiger charge is -2.14. The lowest BCUT2D eigenvalue weighted by molar-refractivity contribution is -0.115. The number of benzene rings is 3. The summed E-state index contributed by atoms with van der Waals surface area (Å²) in [6, 6.07) is 19.2. The molecule has 0 spiro atoms. The molecule has 8 heteroatoms. The van der Waals surface area contributed by atoms with Gasteiger partial charge in [0.15, 0.2) is 16.7 Å². The molecule has 3 aromatic carbocycles. The third-order valence-electron chi connectivity index (χ3n) is 5.11. The molecule has 1 fully saturated rings. The number of rotatable bonds is 7. The zero-order valence-electron chi connectivity index (χ0n) is 18.6. The summed E-state index contributed by atoms with van der Waals surface area (Å²) in [7, 11) is 1.58. The Morgan fingerprint density at radius 3 is 2.62 bits per heavy atom. The van der Waals surface area contributed by atoms with Crippen molar-refractivity contribution in [3.63, 3.8) is 0 Å². The van der Waals surface area contributed by atoms with Crippen molar-refractivity contribution in [3.8, 4) is 11.5 Å².